The Kier molecular flexibility index (Phi) is 5.01. The molecule has 6 heteroatoms. The molecule has 0 radical (unpaired) electrons. The van der Waals surface area contributed by atoms with E-state index in [1.54, 1.807) is 12.1 Å². The van der Waals surface area contributed by atoms with Gasteiger partial charge in [0, 0.05) is 6.42 Å². The smallest absolute Gasteiger partial charge is 0.137 e. The van der Waals surface area contributed by atoms with E-state index in [-0.39, 0.29) is 5.82 Å². The van der Waals surface area contributed by atoms with Gasteiger partial charge in [-0.05, 0) is 45.5 Å². The Labute approximate surface area is 123 Å². The number of aromatic nitrogens is 2. The molecule has 0 aliphatic carbocycles. The molecule has 1 unspecified atom stereocenters. The molecule has 0 saturated carbocycles. The van der Waals surface area contributed by atoms with E-state index in [4.69, 9.17) is 0 Å². The number of halogens is 2. The zero-order chi connectivity index (χ0) is 13.8. The summed E-state index contributed by atoms with van der Waals surface area (Å²) >= 11 is 4.41. The summed E-state index contributed by atoms with van der Waals surface area (Å²) in [6.45, 7) is 2.05. The van der Waals surface area contributed by atoms with Crippen molar-refractivity contribution in [3.8, 4) is 0 Å². The van der Waals surface area contributed by atoms with Crippen molar-refractivity contribution < 1.29 is 9.50 Å². The van der Waals surface area contributed by atoms with E-state index in [0.717, 1.165) is 29.0 Å². The third kappa shape index (κ3) is 3.38. The van der Waals surface area contributed by atoms with Gasteiger partial charge in [-0.2, -0.15) is 0 Å². The average Bonchev–Trinajstić information content (AvgIpc) is 2.84. The Hall–Kier alpha value is -0.850. The van der Waals surface area contributed by atoms with Gasteiger partial charge in [-0.25, -0.2) is 4.39 Å². The van der Waals surface area contributed by atoms with E-state index < -0.39 is 6.10 Å². The highest BCUT2D eigenvalue weighted by Crippen LogP contribution is 2.28. The zero-order valence-corrected chi connectivity index (χ0v) is 12.8. The van der Waals surface area contributed by atoms with Crippen LogP contribution in [0.4, 0.5) is 4.39 Å². The first kappa shape index (κ1) is 14.6. The van der Waals surface area contributed by atoms with E-state index in [1.165, 1.54) is 17.6 Å². The topological polar surface area (TPSA) is 46.0 Å². The second-order valence-electron chi connectivity index (χ2n) is 4.27. The lowest BCUT2D eigenvalue weighted by atomic mass is 10.0. The normalized spacial score (nSPS) is 12.6. The molecule has 1 N–H and O–H groups in total. The van der Waals surface area contributed by atoms with Gasteiger partial charge in [0.1, 0.15) is 5.82 Å². The number of aliphatic hydroxyl groups is 1. The van der Waals surface area contributed by atoms with Gasteiger partial charge in [0.15, 0.2) is 0 Å². The lowest BCUT2D eigenvalue weighted by molar-refractivity contribution is 0.180. The molecule has 0 saturated heterocycles. The van der Waals surface area contributed by atoms with Crippen LogP contribution in [0.5, 0.6) is 0 Å². The monoisotopic (exact) mass is 344 g/mol. The average molecular weight is 345 g/mol. The predicted molar refractivity (Wildman–Crippen MR) is 76.7 cm³/mol. The fraction of sp³-hybridized carbons (Fsp3) is 0.385. The van der Waals surface area contributed by atoms with Gasteiger partial charge in [-0.15, -0.1) is 5.10 Å². The van der Waals surface area contributed by atoms with Gasteiger partial charge in [-0.3, -0.25) is 0 Å². The van der Waals surface area contributed by atoms with Gasteiger partial charge in [0.05, 0.1) is 21.1 Å². The summed E-state index contributed by atoms with van der Waals surface area (Å²) in [4.78, 5) is 0.776. The summed E-state index contributed by atoms with van der Waals surface area (Å²) in [5, 5.41) is 14.3. The first-order valence-corrected chi connectivity index (χ1v) is 7.62. The van der Waals surface area contributed by atoms with Crippen molar-refractivity contribution in [3.63, 3.8) is 0 Å². The Morgan fingerprint density at radius 3 is 3.00 bits per heavy atom. The second kappa shape index (κ2) is 6.54. The fourth-order valence-corrected chi connectivity index (χ4v) is 2.99. The molecule has 102 valence electrons. The number of benzene rings is 1. The molecule has 0 amide bonds. The molecule has 1 heterocycles. The van der Waals surface area contributed by atoms with Crippen molar-refractivity contribution in [2.45, 2.75) is 32.3 Å². The Morgan fingerprint density at radius 2 is 2.26 bits per heavy atom. The van der Waals surface area contributed by atoms with Crippen molar-refractivity contribution in [2.75, 3.05) is 0 Å². The Morgan fingerprint density at radius 1 is 1.47 bits per heavy atom. The van der Waals surface area contributed by atoms with Crippen molar-refractivity contribution in [1.82, 2.24) is 9.59 Å². The van der Waals surface area contributed by atoms with Crippen LogP contribution in [0.2, 0.25) is 0 Å². The second-order valence-corrected chi connectivity index (χ2v) is 5.85. The summed E-state index contributed by atoms with van der Waals surface area (Å²) < 4.78 is 17.7. The predicted octanol–water partition coefficient (Wildman–Crippen LogP) is 3.67. The van der Waals surface area contributed by atoms with Gasteiger partial charge in [0.2, 0.25) is 0 Å². The van der Waals surface area contributed by atoms with E-state index in [0.29, 0.717) is 10.9 Å². The van der Waals surface area contributed by atoms with Crippen molar-refractivity contribution in [1.29, 1.82) is 0 Å². The molecule has 0 spiro atoms. The molecule has 0 aliphatic heterocycles. The molecule has 1 aromatic heterocycles. The molecule has 0 bridgehead atoms. The summed E-state index contributed by atoms with van der Waals surface area (Å²) in [5.41, 5.74) is 1.58. The highest BCUT2D eigenvalue weighted by Gasteiger charge is 2.18. The highest BCUT2D eigenvalue weighted by atomic mass is 79.9. The van der Waals surface area contributed by atoms with Crippen LogP contribution in [-0.4, -0.2) is 14.7 Å². The number of hydrogen-bond donors (Lipinski definition) is 1. The first-order chi connectivity index (χ1) is 9.13. The minimum Gasteiger partial charge on any atom is -0.387 e. The third-order valence-corrected chi connectivity index (χ3v) is 4.58. The number of aliphatic hydroxyl groups excluding tert-OH is 1. The lowest BCUT2D eigenvalue weighted by Gasteiger charge is -2.11. The lowest BCUT2D eigenvalue weighted by Crippen LogP contribution is -2.04. The zero-order valence-electron chi connectivity index (χ0n) is 10.4. The minimum atomic E-state index is -0.695. The van der Waals surface area contributed by atoms with E-state index in [2.05, 4.69) is 32.4 Å². The molecule has 3 nitrogen and oxygen atoms in total. The largest absolute Gasteiger partial charge is 0.387 e. The van der Waals surface area contributed by atoms with Crippen LogP contribution in [0.25, 0.3) is 0 Å². The van der Waals surface area contributed by atoms with Crippen LogP contribution < -0.4 is 0 Å². The SMILES string of the molecule is CCCc1nnsc1C(O)Cc1cccc(F)c1Br. The number of rotatable bonds is 5. The molecule has 1 atom stereocenters. The molecule has 0 aliphatic rings. The van der Waals surface area contributed by atoms with Gasteiger partial charge >= 0.3 is 0 Å². The van der Waals surface area contributed by atoms with Gasteiger partial charge in [0.25, 0.3) is 0 Å². The highest BCUT2D eigenvalue weighted by molar-refractivity contribution is 9.10. The Bertz CT molecular complexity index is 561. The van der Waals surface area contributed by atoms with E-state index in [9.17, 15) is 9.50 Å². The maximum atomic E-state index is 13.4. The molecular formula is C13H14BrFN2OS. The van der Waals surface area contributed by atoms with Crippen LogP contribution in [0.15, 0.2) is 22.7 Å². The third-order valence-electron chi connectivity index (χ3n) is 2.82. The number of nitrogens with zero attached hydrogens (tertiary/aromatic N) is 2. The summed E-state index contributed by atoms with van der Waals surface area (Å²) in [5.74, 6) is -0.319. The van der Waals surface area contributed by atoms with Crippen molar-refractivity contribution >= 4 is 27.5 Å². The number of aryl methyl sites for hydroxylation is 1. The Balaban J connectivity index is 2.18. The van der Waals surface area contributed by atoms with Gasteiger partial charge < -0.3 is 5.11 Å². The molecule has 2 aromatic rings. The van der Waals surface area contributed by atoms with E-state index in [1.807, 2.05) is 0 Å². The molecule has 2 rings (SSSR count). The summed E-state index contributed by atoms with van der Waals surface area (Å²) in [6, 6.07) is 4.82. The fourth-order valence-electron chi connectivity index (χ4n) is 1.89. The van der Waals surface area contributed by atoms with Crippen LogP contribution in [0.3, 0.4) is 0 Å². The first-order valence-electron chi connectivity index (χ1n) is 6.05. The summed E-state index contributed by atoms with van der Waals surface area (Å²) in [6.07, 6.45) is 1.40. The molecule has 1 aromatic carbocycles. The van der Waals surface area contributed by atoms with Crippen molar-refractivity contribution in [2.24, 2.45) is 0 Å². The molecule has 19 heavy (non-hydrogen) atoms. The van der Waals surface area contributed by atoms with E-state index >= 15 is 0 Å². The maximum absolute atomic E-state index is 13.4. The van der Waals surface area contributed by atoms with Crippen molar-refractivity contribution in [3.05, 3.63) is 44.6 Å². The quantitative estimate of drug-likeness (QED) is 0.899. The minimum absolute atomic E-state index is 0.319. The molecular weight excluding hydrogens is 331 g/mol. The van der Waals surface area contributed by atoms with Crippen LogP contribution in [0, 0.1) is 5.82 Å². The summed E-state index contributed by atoms with van der Waals surface area (Å²) in [7, 11) is 0. The van der Waals surface area contributed by atoms with Crippen LogP contribution >= 0.6 is 27.5 Å². The maximum Gasteiger partial charge on any atom is 0.137 e. The van der Waals surface area contributed by atoms with Crippen LogP contribution in [0.1, 0.15) is 35.6 Å². The van der Waals surface area contributed by atoms with Crippen LogP contribution in [-0.2, 0) is 12.8 Å². The van der Waals surface area contributed by atoms with Gasteiger partial charge in [-0.1, -0.05) is 30.0 Å². The number of hydrogen-bond acceptors (Lipinski definition) is 4. The molecule has 0 fully saturated rings. The standard InChI is InChI=1S/C13H14BrFN2OS/c1-2-4-10-13(19-17-16-10)11(18)7-8-5-3-6-9(15)12(8)14/h3,5-6,11,18H,2,4,7H2,1H3.